The molecule has 1 aliphatic rings. The predicted octanol–water partition coefficient (Wildman–Crippen LogP) is 3.90. The van der Waals surface area contributed by atoms with E-state index in [1.54, 1.807) is 24.3 Å². The van der Waals surface area contributed by atoms with Crippen molar-refractivity contribution >= 4 is 34.8 Å². The third-order valence-electron chi connectivity index (χ3n) is 4.69. The SMILES string of the molecule is CC(C)C(=O)N1CCN(c2ccc(NC(=O)c3ccccc3Cl)cc2)CC1. The van der Waals surface area contributed by atoms with E-state index in [2.05, 4.69) is 10.2 Å². The standard InChI is InChI=1S/C21H24ClN3O2/c1-15(2)21(27)25-13-11-24(12-14-25)17-9-7-16(8-10-17)23-20(26)18-5-3-4-6-19(18)22/h3-10,15H,11-14H2,1-2H3,(H,23,26). The number of benzene rings is 2. The Balaban J connectivity index is 1.59. The molecule has 0 aliphatic carbocycles. The third-order valence-corrected chi connectivity index (χ3v) is 5.02. The van der Waals surface area contributed by atoms with Gasteiger partial charge in [-0.2, -0.15) is 0 Å². The molecule has 0 bridgehead atoms. The van der Waals surface area contributed by atoms with Gasteiger partial charge in [0.25, 0.3) is 5.91 Å². The minimum Gasteiger partial charge on any atom is -0.368 e. The number of halogens is 1. The van der Waals surface area contributed by atoms with E-state index in [0.717, 1.165) is 37.6 Å². The summed E-state index contributed by atoms with van der Waals surface area (Å²) in [5.41, 5.74) is 2.26. The van der Waals surface area contributed by atoms with Gasteiger partial charge in [0.15, 0.2) is 0 Å². The second-order valence-corrected chi connectivity index (χ2v) is 7.36. The van der Waals surface area contributed by atoms with Crippen LogP contribution in [0.5, 0.6) is 0 Å². The molecule has 5 nitrogen and oxygen atoms in total. The van der Waals surface area contributed by atoms with Gasteiger partial charge >= 0.3 is 0 Å². The molecule has 1 saturated heterocycles. The molecule has 1 heterocycles. The average Bonchev–Trinajstić information content (AvgIpc) is 2.68. The minimum absolute atomic E-state index is 0.0394. The summed E-state index contributed by atoms with van der Waals surface area (Å²) in [5, 5.41) is 3.30. The van der Waals surface area contributed by atoms with E-state index >= 15 is 0 Å². The molecule has 1 fully saturated rings. The molecule has 0 radical (unpaired) electrons. The minimum atomic E-state index is -0.228. The van der Waals surface area contributed by atoms with Gasteiger partial charge < -0.3 is 15.1 Å². The predicted molar refractivity (Wildman–Crippen MR) is 109 cm³/mol. The molecule has 0 saturated carbocycles. The first kappa shape index (κ1) is 19.2. The summed E-state index contributed by atoms with van der Waals surface area (Å²) in [6.07, 6.45) is 0. The smallest absolute Gasteiger partial charge is 0.257 e. The Bertz CT molecular complexity index is 812. The molecule has 2 amide bonds. The Morgan fingerprint density at radius 2 is 1.59 bits per heavy atom. The number of carbonyl (C=O) groups is 2. The normalized spacial score (nSPS) is 14.4. The Labute approximate surface area is 164 Å². The fourth-order valence-corrected chi connectivity index (χ4v) is 3.37. The first-order valence-corrected chi connectivity index (χ1v) is 9.53. The second-order valence-electron chi connectivity index (χ2n) is 6.95. The maximum atomic E-state index is 12.3. The lowest BCUT2D eigenvalue weighted by atomic mass is 10.1. The van der Waals surface area contributed by atoms with Gasteiger partial charge in [0.1, 0.15) is 0 Å². The lowest BCUT2D eigenvalue weighted by Crippen LogP contribution is -2.49. The summed E-state index contributed by atoms with van der Waals surface area (Å²) >= 11 is 6.07. The van der Waals surface area contributed by atoms with Crippen LogP contribution in [0.2, 0.25) is 5.02 Å². The summed E-state index contributed by atoms with van der Waals surface area (Å²) in [5.74, 6) is 0.0269. The fraction of sp³-hybridized carbons (Fsp3) is 0.333. The van der Waals surface area contributed by atoms with Crippen molar-refractivity contribution in [3.8, 4) is 0 Å². The first-order valence-electron chi connectivity index (χ1n) is 9.15. The Kier molecular flexibility index (Phi) is 6.01. The molecule has 142 valence electrons. The van der Waals surface area contributed by atoms with E-state index in [1.165, 1.54) is 0 Å². The van der Waals surface area contributed by atoms with Gasteiger partial charge in [-0.15, -0.1) is 0 Å². The number of hydrogen-bond donors (Lipinski definition) is 1. The number of piperazine rings is 1. The number of amides is 2. The van der Waals surface area contributed by atoms with Crippen molar-refractivity contribution < 1.29 is 9.59 Å². The summed E-state index contributed by atoms with van der Waals surface area (Å²) in [7, 11) is 0. The molecule has 0 unspecified atom stereocenters. The quantitative estimate of drug-likeness (QED) is 0.868. The maximum absolute atomic E-state index is 12.3. The van der Waals surface area contributed by atoms with Crippen molar-refractivity contribution in [2.45, 2.75) is 13.8 Å². The van der Waals surface area contributed by atoms with E-state index < -0.39 is 0 Å². The third kappa shape index (κ3) is 4.61. The van der Waals surface area contributed by atoms with Crippen molar-refractivity contribution in [1.29, 1.82) is 0 Å². The van der Waals surface area contributed by atoms with Gasteiger partial charge in [-0.25, -0.2) is 0 Å². The fourth-order valence-electron chi connectivity index (χ4n) is 3.15. The first-order chi connectivity index (χ1) is 13.0. The van der Waals surface area contributed by atoms with Crippen LogP contribution in [0, 0.1) is 5.92 Å². The van der Waals surface area contributed by atoms with E-state index in [-0.39, 0.29) is 17.7 Å². The van der Waals surface area contributed by atoms with Crippen molar-refractivity contribution in [2.24, 2.45) is 5.92 Å². The Hall–Kier alpha value is -2.53. The molecule has 1 N–H and O–H groups in total. The van der Waals surface area contributed by atoms with Crippen LogP contribution in [0.25, 0.3) is 0 Å². The summed E-state index contributed by atoms with van der Waals surface area (Å²) in [6, 6.07) is 14.7. The van der Waals surface area contributed by atoms with Crippen LogP contribution in [0.3, 0.4) is 0 Å². The largest absolute Gasteiger partial charge is 0.368 e. The van der Waals surface area contributed by atoms with Crippen LogP contribution in [-0.4, -0.2) is 42.9 Å². The molecule has 6 heteroatoms. The van der Waals surface area contributed by atoms with Crippen molar-refractivity contribution in [2.75, 3.05) is 36.4 Å². The monoisotopic (exact) mass is 385 g/mol. The zero-order chi connectivity index (χ0) is 19.4. The molecular weight excluding hydrogens is 362 g/mol. The number of carbonyl (C=O) groups excluding carboxylic acids is 2. The Morgan fingerprint density at radius 3 is 2.19 bits per heavy atom. The van der Waals surface area contributed by atoms with Gasteiger partial charge in [-0.1, -0.05) is 37.6 Å². The van der Waals surface area contributed by atoms with E-state index in [4.69, 9.17) is 11.6 Å². The lowest BCUT2D eigenvalue weighted by Gasteiger charge is -2.37. The highest BCUT2D eigenvalue weighted by atomic mass is 35.5. The molecular formula is C21H24ClN3O2. The van der Waals surface area contributed by atoms with Crippen LogP contribution in [0.1, 0.15) is 24.2 Å². The molecule has 2 aromatic rings. The zero-order valence-electron chi connectivity index (χ0n) is 15.6. The molecule has 27 heavy (non-hydrogen) atoms. The number of nitrogens with one attached hydrogen (secondary N) is 1. The van der Waals surface area contributed by atoms with Gasteiger partial charge in [0.05, 0.1) is 10.6 Å². The topological polar surface area (TPSA) is 52.7 Å². The van der Waals surface area contributed by atoms with Crippen molar-refractivity contribution in [3.63, 3.8) is 0 Å². The molecule has 2 aromatic carbocycles. The molecule has 0 atom stereocenters. The molecule has 0 aromatic heterocycles. The number of rotatable bonds is 4. The summed E-state index contributed by atoms with van der Waals surface area (Å²) < 4.78 is 0. The average molecular weight is 386 g/mol. The van der Waals surface area contributed by atoms with Crippen LogP contribution >= 0.6 is 11.6 Å². The highest BCUT2D eigenvalue weighted by molar-refractivity contribution is 6.34. The molecule has 1 aliphatic heterocycles. The van der Waals surface area contributed by atoms with Crippen LogP contribution in [0.4, 0.5) is 11.4 Å². The van der Waals surface area contributed by atoms with Crippen molar-refractivity contribution in [3.05, 3.63) is 59.1 Å². The second kappa shape index (κ2) is 8.44. The number of anilines is 2. The highest BCUT2D eigenvalue weighted by Gasteiger charge is 2.22. The van der Waals surface area contributed by atoms with Gasteiger partial charge in [-0.3, -0.25) is 9.59 Å². The van der Waals surface area contributed by atoms with Crippen LogP contribution in [-0.2, 0) is 4.79 Å². The lowest BCUT2D eigenvalue weighted by molar-refractivity contribution is -0.134. The van der Waals surface area contributed by atoms with Crippen molar-refractivity contribution in [1.82, 2.24) is 4.90 Å². The van der Waals surface area contributed by atoms with Crippen LogP contribution < -0.4 is 10.2 Å². The van der Waals surface area contributed by atoms with Gasteiger partial charge in [0, 0.05) is 43.5 Å². The Morgan fingerprint density at radius 1 is 0.963 bits per heavy atom. The van der Waals surface area contributed by atoms with Crippen LogP contribution in [0.15, 0.2) is 48.5 Å². The number of nitrogens with zero attached hydrogens (tertiary/aromatic N) is 2. The zero-order valence-corrected chi connectivity index (χ0v) is 16.4. The number of hydrogen-bond acceptors (Lipinski definition) is 3. The van der Waals surface area contributed by atoms with E-state index in [9.17, 15) is 9.59 Å². The summed E-state index contributed by atoms with van der Waals surface area (Å²) in [4.78, 5) is 28.6. The van der Waals surface area contributed by atoms with E-state index in [1.807, 2.05) is 43.0 Å². The van der Waals surface area contributed by atoms with E-state index in [0.29, 0.717) is 10.6 Å². The highest BCUT2D eigenvalue weighted by Crippen LogP contribution is 2.22. The molecule has 3 rings (SSSR count). The van der Waals surface area contributed by atoms with Gasteiger partial charge in [0.2, 0.25) is 5.91 Å². The maximum Gasteiger partial charge on any atom is 0.257 e. The molecule has 0 spiro atoms. The summed E-state index contributed by atoms with van der Waals surface area (Å²) in [6.45, 7) is 6.96. The van der Waals surface area contributed by atoms with Gasteiger partial charge in [-0.05, 0) is 36.4 Å².